The van der Waals surface area contributed by atoms with E-state index in [1.165, 1.54) is 22.3 Å². The predicted molar refractivity (Wildman–Crippen MR) is 96.3 cm³/mol. The lowest BCUT2D eigenvalue weighted by molar-refractivity contribution is 0.999. The number of hydrogen-bond acceptors (Lipinski definition) is 0. The smallest absolute Gasteiger partial charge is 0.0187 e. The van der Waals surface area contributed by atoms with Gasteiger partial charge < -0.3 is 0 Å². The summed E-state index contributed by atoms with van der Waals surface area (Å²) in [5, 5.41) is 0. The van der Waals surface area contributed by atoms with Crippen molar-refractivity contribution in [1.82, 2.24) is 0 Å². The van der Waals surface area contributed by atoms with Crippen LogP contribution < -0.4 is 0 Å². The Morgan fingerprint density at radius 1 is 1.05 bits per heavy atom. The fourth-order valence-corrected chi connectivity index (χ4v) is 2.01. The van der Waals surface area contributed by atoms with Crippen molar-refractivity contribution >= 4 is 5.57 Å². The van der Waals surface area contributed by atoms with Crippen molar-refractivity contribution in [2.24, 2.45) is 0 Å². The van der Waals surface area contributed by atoms with Gasteiger partial charge in [-0.05, 0) is 50.3 Å². The van der Waals surface area contributed by atoms with Crippen LogP contribution in [-0.2, 0) is 6.42 Å². The van der Waals surface area contributed by atoms with Crippen molar-refractivity contribution in [3.63, 3.8) is 0 Å². The Kier molecular flexibility index (Phi) is 7.89. The van der Waals surface area contributed by atoms with Gasteiger partial charge in [0.2, 0.25) is 0 Å². The Bertz CT molecular complexity index is 548. The molecule has 1 aromatic rings. The zero-order valence-corrected chi connectivity index (χ0v) is 13.5. The molecule has 0 aliphatic heterocycles. The Morgan fingerprint density at radius 2 is 1.76 bits per heavy atom. The molecular weight excluding hydrogens is 252 g/mol. The van der Waals surface area contributed by atoms with E-state index in [1.807, 2.05) is 6.08 Å². The molecule has 0 aromatic heterocycles. The van der Waals surface area contributed by atoms with E-state index >= 15 is 0 Å². The lowest BCUT2D eigenvalue weighted by Gasteiger charge is -2.04. The van der Waals surface area contributed by atoms with Gasteiger partial charge in [-0.15, -0.1) is 0 Å². The van der Waals surface area contributed by atoms with Crippen molar-refractivity contribution in [1.29, 1.82) is 0 Å². The largest absolute Gasteiger partial charge is 0.0991 e. The molecule has 0 radical (unpaired) electrons. The molecule has 110 valence electrons. The second-order valence-corrected chi connectivity index (χ2v) is 5.01. The van der Waals surface area contributed by atoms with Crippen LogP contribution in [0, 0.1) is 0 Å². The van der Waals surface area contributed by atoms with Crippen molar-refractivity contribution < 1.29 is 0 Å². The first-order valence-corrected chi connectivity index (χ1v) is 7.55. The molecule has 0 atom stereocenters. The Labute approximate surface area is 129 Å². The van der Waals surface area contributed by atoms with Crippen LogP contribution in [-0.4, -0.2) is 0 Å². The molecule has 0 saturated heterocycles. The van der Waals surface area contributed by atoms with Gasteiger partial charge >= 0.3 is 0 Å². The maximum absolute atomic E-state index is 3.71. The Balaban J connectivity index is 2.64. The average molecular weight is 278 g/mol. The summed E-state index contributed by atoms with van der Waals surface area (Å²) in [6, 6.07) is 8.83. The van der Waals surface area contributed by atoms with E-state index in [0.29, 0.717) is 0 Å². The molecule has 0 N–H and O–H groups in total. The number of aryl methyl sites for hydroxylation is 1. The van der Waals surface area contributed by atoms with E-state index in [9.17, 15) is 0 Å². The molecular formula is C21H26. The van der Waals surface area contributed by atoms with Crippen LogP contribution in [0.5, 0.6) is 0 Å². The normalized spacial score (nSPS) is 13.3. The highest BCUT2D eigenvalue weighted by molar-refractivity contribution is 5.74. The van der Waals surface area contributed by atoms with E-state index in [1.54, 1.807) is 6.08 Å². The molecule has 0 nitrogen and oxygen atoms in total. The fraction of sp³-hybridized carbons (Fsp3) is 0.238. The summed E-state index contributed by atoms with van der Waals surface area (Å²) in [4.78, 5) is 0. The molecule has 0 heterocycles. The van der Waals surface area contributed by atoms with Gasteiger partial charge in [-0.25, -0.2) is 0 Å². The van der Waals surface area contributed by atoms with E-state index < -0.39 is 0 Å². The monoisotopic (exact) mass is 278 g/mol. The third kappa shape index (κ3) is 6.27. The maximum atomic E-state index is 3.71. The van der Waals surface area contributed by atoms with Gasteiger partial charge in [0.1, 0.15) is 0 Å². The number of benzene rings is 1. The van der Waals surface area contributed by atoms with E-state index in [-0.39, 0.29) is 0 Å². The highest BCUT2D eigenvalue weighted by Gasteiger charge is 1.97. The minimum Gasteiger partial charge on any atom is -0.0991 e. The molecule has 0 aliphatic rings. The summed E-state index contributed by atoms with van der Waals surface area (Å²) in [5.74, 6) is 0. The lowest BCUT2D eigenvalue weighted by Crippen LogP contribution is -1.86. The minimum atomic E-state index is 1.08. The molecule has 0 saturated carbocycles. The van der Waals surface area contributed by atoms with Gasteiger partial charge in [-0.1, -0.05) is 78.9 Å². The summed E-state index contributed by atoms with van der Waals surface area (Å²) < 4.78 is 0. The van der Waals surface area contributed by atoms with Gasteiger partial charge in [0, 0.05) is 0 Å². The average Bonchev–Trinajstić information content (AvgIpc) is 2.53. The topological polar surface area (TPSA) is 0 Å². The van der Waals surface area contributed by atoms with Gasteiger partial charge in [0.25, 0.3) is 0 Å². The van der Waals surface area contributed by atoms with Crippen molar-refractivity contribution in [3.05, 3.63) is 90.1 Å². The number of rotatable bonds is 7. The van der Waals surface area contributed by atoms with Gasteiger partial charge in [-0.3, -0.25) is 0 Å². The van der Waals surface area contributed by atoms with Gasteiger partial charge in [0.15, 0.2) is 0 Å². The first kappa shape index (κ1) is 17.0. The molecule has 0 unspecified atom stereocenters. The van der Waals surface area contributed by atoms with Crippen LogP contribution >= 0.6 is 0 Å². The molecule has 1 aromatic carbocycles. The second-order valence-electron chi connectivity index (χ2n) is 5.01. The third-order valence-electron chi connectivity index (χ3n) is 3.45. The SMILES string of the molecule is C=C/C=C\C(=C/C)c1ccc(CC/C=C\C(C)=C/C)cc1. The van der Waals surface area contributed by atoms with Gasteiger partial charge in [-0.2, -0.15) is 0 Å². The van der Waals surface area contributed by atoms with E-state index in [2.05, 4.69) is 82.0 Å². The number of hydrogen-bond donors (Lipinski definition) is 0. The Hall–Kier alpha value is -2.08. The zero-order valence-electron chi connectivity index (χ0n) is 13.5. The quantitative estimate of drug-likeness (QED) is 0.514. The van der Waals surface area contributed by atoms with Crippen molar-refractivity contribution in [2.45, 2.75) is 33.6 Å². The van der Waals surface area contributed by atoms with Crippen LogP contribution in [0.25, 0.3) is 5.57 Å². The van der Waals surface area contributed by atoms with Crippen LogP contribution in [0.15, 0.2) is 78.9 Å². The molecule has 0 fully saturated rings. The van der Waals surface area contributed by atoms with E-state index in [0.717, 1.165) is 12.8 Å². The highest BCUT2D eigenvalue weighted by atomic mass is 14.0. The minimum absolute atomic E-state index is 1.08. The molecule has 0 spiro atoms. The van der Waals surface area contributed by atoms with Crippen LogP contribution in [0.4, 0.5) is 0 Å². The first-order chi connectivity index (χ1) is 10.2. The summed E-state index contributed by atoms with van der Waals surface area (Å²) in [7, 11) is 0. The van der Waals surface area contributed by atoms with Crippen molar-refractivity contribution in [3.8, 4) is 0 Å². The van der Waals surface area contributed by atoms with Crippen LogP contribution in [0.2, 0.25) is 0 Å². The summed E-state index contributed by atoms with van der Waals surface area (Å²) in [6.45, 7) is 9.96. The summed E-state index contributed by atoms with van der Waals surface area (Å²) in [6.07, 6.45) is 16.7. The summed E-state index contributed by atoms with van der Waals surface area (Å²) in [5.41, 5.74) is 5.17. The lowest BCUT2D eigenvalue weighted by atomic mass is 10.0. The van der Waals surface area contributed by atoms with Gasteiger partial charge in [0.05, 0.1) is 0 Å². The second kappa shape index (κ2) is 9.77. The zero-order chi connectivity index (χ0) is 15.5. The molecule has 21 heavy (non-hydrogen) atoms. The molecule has 0 aliphatic carbocycles. The van der Waals surface area contributed by atoms with Crippen LogP contribution in [0.1, 0.15) is 38.3 Å². The molecule has 0 heteroatoms. The molecule has 1 rings (SSSR count). The maximum Gasteiger partial charge on any atom is -0.0187 e. The van der Waals surface area contributed by atoms with Crippen LogP contribution in [0.3, 0.4) is 0 Å². The standard InChI is InChI=1S/C21H26/c1-5-8-13-20(7-3)21-16-14-19(15-17-21)12-10-9-11-18(4)6-2/h5-9,11,13-17H,1,10,12H2,2-4H3/b11-9-,13-8-,18-6-,20-7+. The highest BCUT2D eigenvalue weighted by Crippen LogP contribution is 2.17. The Morgan fingerprint density at radius 3 is 2.33 bits per heavy atom. The summed E-state index contributed by atoms with van der Waals surface area (Å²) >= 11 is 0. The number of allylic oxidation sites excluding steroid dienone is 9. The van der Waals surface area contributed by atoms with E-state index in [4.69, 9.17) is 0 Å². The molecule has 0 bridgehead atoms. The third-order valence-corrected chi connectivity index (χ3v) is 3.45. The molecule has 0 amide bonds. The predicted octanol–water partition coefficient (Wildman–Crippen LogP) is 6.29. The first-order valence-electron chi connectivity index (χ1n) is 7.55. The fourth-order valence-electron chi connectivity index (χ4n) is 2.01. The van der Waals surface area contributed by atoms with Crippen molar-refractivity contribution in [2.75, 3.05) is 0 Å².